The first-order valence-electron chi connectivity index (χ1n) is 10.3. The van der Waals surface area contributed by atoms with Gasteiger partial charge in [-0.3, -0.25) is 19.7 Å². The summed E-state index contributed by atoms with van der Waals surface area (Å²) < 4.78 is 1.99. The summed E-state index contributed by atoms with van der Waals surface area (Å²) in [4.78, 5) is 42.4. The number of imidazole rings is 1. The van der Waals surface area contributed by atoms with Crippen LogP contribution in [0.15, 0.2) is 30.7 Å². The minimum atomic E-state index is -0.598. The molecule has 1 saturated heterocycles. The van der Waals surface area contributed by atoms with E-state index in [1.165, 1.54) is 0 Å². The normalized spacial score (nSPS) is 18.5. The predicted octanol–water partition coefficient (Wildman–Crippen LogP) is 0.647. The van der Waals surface area contributed by atoms with E-state index in [1.807, 2.05) is 22.9 Å². The zero-order valence-corrected chi connectivity index (χ0v) is 16.8. The van der Waals surface area contributed by atoms with Gasteiger partial charge in [0.25, 0.3) is 5.91 Å². The van der Waals surface area contributed by atoms with E-state index in [2.05, 4.69) is 15.6 Å². The highest BCUT2D eigenvalue weighted by Gasteiger charge is 2.39. The van der Waals surface area contributed by atoms with Crippen molar-refractivity contribution in [2.75, 3.05) is 18.4 Å². The van der Waals surface area contributed by atoms with Crippen molar-refractivity contribution in [1.82, 2.24) is 19.8 Å². The van der Waals surface area contributed by atoms with Crippen LogP contribution in [0.3, 0.4) is 0 Å². The molecule has 2 aliphatic heterocycles. The molecule has 1 aromatic heterocycles. The third kappa shape index (κ3) is 4.06. The molecule has 0 aliphatic carbocycles. The van der Waals surface area contributed by atoms with E-state index in [9.17, 15) is 14.4 Å². The van der Waals surface area contributed by atoms with E-state index in [4.69, 9.17) is 5.73 Å². The van der Waals surface area contributed by atoms with Gasteiger partial charge in [0.15, 0.2) is 0 Å². The van der Waals surface area contributed by atoms with Crippen LogP contribution in [-0.2, 0) is 29.1 Å². The first kappa shape index (κ1) is 20.1. The molecule has 0 saturated carbocycles. The van der Waals surface area contributed by atoms with Crippen LogP contribution in [0.1, 0.15) is 40.9 Å². The molecular formula is C21H26N6O3. The molecule has 1 unspecified atom stereocenters. The van der Waals surface area contributed by atoms with Gasteiger partial charge in [-0.05, 0) is 31.4 Å². The number of aromatic nitrogens is 2. The summed E-state index contributed by atoms with van der Waals surface area (Å²) >= 11 is 0. The Bertz CT molecular complexity index is 969. The smallest absolute Gasteiger partial charge is 0.255 e. The second-order valence-corrected chi connectivity index (χ2v) is 7.65. The number of rotatable bonds is 8. The van der Waals surface area contributed by atoms with Crippen LogP contribution in [0.4, 0.5) is 5.69 Å². The Morgan fingerprint density at radius 2 is 2.13 bits per heavy atom. The summed E-state index contributed by atoms with van der Waals surface area (Å²) in [5, 5.41) is 5.75. The van der Waals surface area contributed by atoms with Crippen molar-refractivity contribution in [2.45, 2.75) is 44.8 Å². The molecule has 1 fully saturated rings. The fourth-order valence-corrected chi connectivity index (χ4v) is 4.05. The number of hydrogen-bond donors (Lipinski definition) is 3. The third-order valence-corrected chi connectivity index (χ3v) is 5.58. The van der Waals surface area contributed by atoms with Crippen LogP contribution in [0, 0.1) is 0 Å². The number of amides is 3. The minimum Gasteiger partial charge on any atom is -0.385 e. The Morgan fingerprint density at radius 3 is 2.93 bits per heavy atom. The van der Waals surface area contributed by atoms with Gasteiger partial charge in [-0.1, -0.05) is 6.07 Å². The van der Waals surface area contributed by atoms with Gasteiger partial charge < -0.3 is 20.5 Å². The second kappa shape index (κ2) is 8.66. The molecule has 0 bridgehead atoms. The number of anilines is 1. The van der Waals surface area contributed by atoms with Crippen molar-refractivity contribution in [3.05, 3.63) is 47.5 Å². The maximum absolute atomic E-state index is 12.9. The fourth-order valence-electron chi connectivity index (χ4n) is 4.05. The molecule has 2 aromatic rings. The Morgan fingerprint density at radius 1 is 1.27 bits per heavy atom. The monoisotopic (exact) mass is 410 g/mol. The van der Waals surface area contributed by atoms with Gasteiger partial charge in [0.05, 0.1) is 12.0 Å². The molecule has 1 aromatic carbocycles. The zero-order chi connectivity index (χ0) is 21.1. The number of fused-ring (bicyclic) bond motifs is 1. The average Bonchev–Trinajstić information content (AvgIpc) is 3.31. The number of nitrogens with zero attached hydrogens (tertiary/aromatic N) is 3. The van der Waals surface area contributed by atoms with Crippen molar-refractivity contribution in [1.29, 1.82) is 0 Å². The number of nitrogens with one attached hydrogen (secondary N) is 2. The molecule has 30 heavy (non-hydrogen) atoms. The Balaban J connectivity index is 1.36. The molecule has 1 atom stereocenters. The Labute approximate surface area is 174 Å². The molecule has 4 N–H and O–H groups in total. The standard InChI is InChI=1S/C21H26N6O3/c22-8-10-26-11-14(24-13-26)3-2-9-23-17-5-1-4-15-16(17)12-27(21(15)30)18-6-7-19(28)25-20(18)29/h1,4-5,11,13,18,23H,2-3,6-10,12,22H2,(H,25,28,29). The summed E-state index contributed by atoms with van der Waals surface area (Å²) in [7, 11) is 0. The SMILES string of the molecule is NCCn1cnc(CCCNc2cccc3c2CN(C2CCC(=O)NC2=O)C3=O)c1. The van der Waals surface area contributed by atoms with E-state index in [1.54, 1.807) is 17.3 Å². The number of carbonyl (C=O) groups is 3. The summed E-state index contributed by atoms with van der Waals surface area (Å²) in [5.41, 5.74) is 9.01. The van der Waals surface area contributed by atoms with Crippen molar-refractivity contribution in [3.8, 4) is 0 Å². The van der Waals surface area contributed by atoms with Gasteiger partial charge in [-0.25, -0.2) is 4.98 Å². The third-order valence-electron chi connectivity index (χ3n) is 5.58. The Hall–Kier alpha value is -3.20. The largest absolute Gasteiger partial charge is 0.385 e. The molecule has 158 valence electrons. The molecule has 3 amide bonds. The van der Waals surface area contributed by atoms with Gasteiger partial charge in [-0.2, -0.15) is 0 Å². The number of hydrogen-bond acceptors (Lipinski definition) is 6. The van der Waals surface area contributed by atoms with Crippen molar-refractivity contribution in [3.63, 3.8) is 0 Å². The van der Waals surface area contributed by atoms with Crippen LogP contribution in [0.2, 0.25) is 0 Å². The molecule has 3 heterocycles. The highest BCUT2D eigenvalue weighted by molar-refractivity contribution is 6.06. The van der Waals surface area contributed by atoms with Gasteiger partial charge in [0.1, 0.15) is 6.04 Å². The van der Waals surface area contributed by atoms with Crippen LogP contribution < -0.4 is 16.4 Å². The van der Waals surface area contributed by atoms with E-state index in [-0.39, 0.29) is 18.2 Å². The maximum atomic E-state index is 12.9. The lowest BCUT2D eigenvalue weighted by molar-refractivity contribution is -0.136. The topological polar surface area (TPSA) is 122 Å². The number of carbonyl (C=O) groups excluding carboxylic acids is 3. The highest BCUT2D eigenvalue weighted by Crippen LogP contribution is 2.32. The lowest BCUT2D eigenvalue weighted by Gasteiger charge is -2.29. The zero-order valence-electron chi connectivity index (χ0n) is 16.8. The first-order chi connectivity index (χ1) is 14.6. The van der Waals surface area contributed by atoms with Crippen LogP contribution in [0.5, 0.6) is 0 Å². The first-order valence-corrected chi connectivity index (χ1v) is 10.3. The summed E-state index contributed by atoms with van der Waals surface area (Å²) in [6.07, 6.45) is 6.18. The molecule has 9 nitrogen and oxygen atoms in total. The molecule has 0 radical (unpaired) electrons. The van der Waals surface area contributed by atoms with Crippen LogP contribution in [0.25, 0.3) is 0 Å². The Kier molecular flexibility index (Phi) is 5.80. The molecule has 9 heteroatoms. The maximum Gasteiger partial charge on any atom is 0.255 e. The van der Waals surface area contributed by atoms with Gasteiger partial charge in [0.2, 0.25) is 11.8 Å². The number of imide groups is 1. The van der Waals surface area contributed by atoms with Crippen molar-refractivity contribution in [2.24, 2.45) is 5.73 Å². The van der Waals surface area contributed by atoms with E-state index < -0.39 is 11.9 Å². The van der Waals surface area contributed by atoms with E-state index in [0.29, 0.717) is 25.1 Å². The predicted molar refractivity (Wildman–Crippen MR) is 111 cm³/mol. The minimum absolute atomic E-state index is 0.159. The van der Waals surface area contributed by atoms with Crippen LogP contribution >= 0.6 is 0 Å². The second-order valence-electron chi connectivity index (χ2n) is 7.65. The summed E-state index contributed by atoms with van der Waals surface area (Å²) in [5.74, 6) is -0.833. The van der Waals surface area contributed by atoms with Crippen molar-refractivity contribution >= 4 is 23.4 Å². The van der Waals surface area contributed by atoms with Crippen LogP contribution in [-0.4, -0.2) is 51.3 Å². The van der Waals surface area contributed by atoms with E-state index in [0.717, 1.165) is 42.9 Å². The lowest BCUT2D eigenvalue weighted by Crippen LogP contribution is -2.52. The lowest BCUT2D eigenvalue weighted by atomic mass is 10.0. The molecular weight excluding hydrogens is 384 g/mol. The summed E-state index contributed by atoms with van der Waals surface area (Å²) in [6.45, 7) is 2.46. The number of nitrogens with two attached hydrogens (primary N) is 1. The number of benzene rings is 1. The molecule has 2 aliphatic rings. The van der Waals surface area contributed by atoms with Gasteiger partial charge in [0, 0.05) is 55.6 Å². The van der Waals surface area contributed by atoms with Crippen molar-refractivity contribution < 1.29 is 14.4 Å². The van der Waals surface area contributed by atoms with E-state index >= 15 is 0 Å². The quantitative estimate of drug-likeness (QED) is 0.434. The number of piperidine rings is 1. The molecule has 4 rings (SSSR count). The summed E-state index contributed by atoms with van der Waals surface area (Å²) in [6, 6.07) is 5.00. The fraction of sp³-hybridized carbons (Fsp3) is 0.429. The average molecular weight is 410 g/mol. The highest BCUT2D eigenvalue weighted by atomic mass is 16.2. The van der Waals surface area contributed by atoms with Gasteiger partial charge >= 0.3 is 0 Å². The number of aryl methyl sites for hydroxylation is 1. The van der Waals surface area contributed by atoms with Gasteiger partial charge in [-0.15, -0.1) is 0 Å². The molecule has 0 spiro atoms.